The van der Waals surface area contributed by atoms with Gasteiger partial charge >= 0.3 is 0 Å². The largest absolute Gasteiger partial charge is 0.391 e. The lowest BCUT2D eigenvalue weighted by Crippen LogP contribution is -2.22. The molecule has 0 spiro atoms. The number of likely N-dealkylation sites (tertiary alicyclic amines) is 1. The second-order valence-electron chi connectivity index (χ2n) is 4.23. The Morgan fingerprint density at radius 2 is 2.29 bits per heavy atom. The average Bonchev–Trinajstić information content (AvgIpc) is 2.91. The molecule has 1 amide bonds. The van der Waals surface area contributed by atoms with Gasteiger partial charge in [-0.2, -0.15) is 0 Å². The number of carbonyl (C=O) groups excluding carboxylic acids is 1. The SMILES string of the molecule is O=CN1CC(O)CC1c1nc2ccccc2s1. The summed E-state index contributed by atoms with van der Waals surface area (Å²) >= 11 is 1.59. The first kappa shape index (κ1) is 10.7. The fourth-order valence-electron chi connectivity index (χ4n) is 2.23. The number of aromatic nitrogens is 1. The molecule has 1 N–H and O–H groups in total. The molecule has 2 atom stereocenters. The molecule has 2 aromatic rings. The van der Waals surface area contributed by atoms with Crippen LogP contribution < -0.4 is 0 Å². The zero-order valence-corrected chi connectivity index (χ0v) is 9.93. The summed E-state index contributed by atoms with van der Waals surface area (Å²) in [6, 6.07) is 7.84. The third kappa shape index (κ3) is 1.81. The molecule has 88 valence electrons. The van der Waals surface area contributed by atoms with E-state index in [1.807, 2.05) is 24.3 Å². The van der Waals surface area contributed by atoms with Gasteiger partial charge in [-0.05, 0) is 12.1 Å². The van der Waals surface area contributed by atoms with Crippen molar-refractivity contribution in [2.24, 2.45) is 0 Å². The Balaban J connectivity index is 2.00. The molecule has 1 aliphatic rings. The van der Waals surface area contributed by atoms with Gasteiger partial charge in [-0.1, -0.05) is 12.1 Å². The van der Waals surface area contributed by atoms with Crippen molar-refractivity contribution < 1.29 is 9.90 Å². The maximum Gasteiger partial charge on any atom is 0.210 e. The summed E-state index contributed by atoms with van der Waals surface area (Å²) in [5, 5.41) is 10.5. The summed E-state index contributed by atoms with van der Waals surface area (Å²) in [4.78, 5) is 17.1. The second-order valence-corrected chi connectivity index (χ2v) is 5.29. The minimum atomic E-state index is -0.433. The molecule has 3 rings (SSSR count). The van der Waals surface area contributed by atoms with E-state index in [1.54, 1.807) is 16.2 Å². The van der Waals surface area contributed by atoms with Crippen LogP contribution in [0.3, 0.4) is 0 Å². The fraction of sp³-hybridized carbons (Fsp3) is 0.333. The van der Waals surface area contributed by atoms with Gasteiger partial charge in [0.15, 0.2) is 0 Å². The first-order valence-electron chi connectivity index (χ1n) is 5.52. The van der Waals surface area contributed by atoms with Gasteiger partial charge in [0.1, 0.15) is 5.01 Å². The Hall–Kier alpha value is -1.46. The first-order valence-corrected chi connectivity index (χ1v) is 6.34. The van der Waals surface area contributed by atoms with E-state index in [2.05, 4.69) is 4.98 Å². The monoisotopic (exact) mass is 248 g/mol. The van der Waals surface area contributed by atoms with Gasteiger partial charge in [0.05, 0.1) is 22.4 Å². The fourth-order valence-corrected chi connectivity index (χ4v) is 3.33. The number of aliphatic hydroxyl groups excluding tert-OH is 1. The van der Waals surface area contributed by atoms with Crippen molar-refractivity contribution in [1.29, 1.82) is 0 Å². The summed E-state index contributed by atoms with van der Waals surface area (Å²) in [5.74, 6) is 0. The van der Waals surface area contributed by atoms with Gasteiger partial charge < -0.3 is 10.0 Å². The normalized spacial score (nSPS) is 24.4. The van der Waals surface area contributed by atoms with Crippen LogP contribution in [-0.2, 0) is 4.79 Å². The molecule has 17 heavy (non-hydrogen) atoms. The lowest BCUT2D eigenvalue weighted by Gasteiger charge is -2.16. The molecule has 0 radical (unpaired) electrons. The van der Waals surface area contributed by atoms with E-state index in [9.17, 15) is 9.90 Å². The van der Waals surface area contributed by atoms with Crippen LogP contribution in [0.1, 0.15) is 17.5 Å². The zero-order valence-electron chi connectivity index (χ0n) is 9.11. The lowest BCUT2D eigenvalue weighted by atomic mass is 10.2. The minimum Gasteiger partial charge on any atom is -0.391 e. The Bertz CT molecular complexity index is 521. The second kappa shape index (κ2) is 4.09. The van der Waals surface area contributed by atoms with Crippen LogP contribution in [0.15, 0.2) is 24.3 Å². The smallest absolute Gasteiger partial charge is 0.210 e. The molecule has 1 fully saturated rings. The van der Waals surface area contributed by atoms with Crippen LogP contribution in [0.25, 0.3) is 10.2 Å². The molecule has 1 aliphatic heterocycles. The van der Waals surface area contributed by atoms with Gasteiger partial charge in [-0.15, -0.1) is 11.3 Å². The lowest BCUT2D eigenvalue weighted by molar-refractivity contribution is -0.119. The summed E-state index contributed by atoms with van der Waals surface area (Å²) in [5.41, 5.74) is 0.958. The molecule has 0 aliphatic carbocycles. The van der Waals surface area contributed by atoms with Crippen molar-refractivity contribution in [2.75, 3.05) is 6.54 Å². The van der Waals surface area contributed by atoms with Crippen molar-refractivity contribution in [3.05, 3.63) is 29.3 Å². The number of thiazole rings is 1. The zero-order chi connectivity index (χ0) is 11.8. The Kier molecular flexibility index (Phi) is 2.57. The number of β-amino-alcohol motifs (C(OH)–C–C–N with tert-alkyl or cyclic N) is 1. The van der Waals surface area contributed by atoms with Crippen molar-refractivity contribution >= 4 is 28.0 Å². The van der Waals surface area contributed by atoms with Crippen LogP contribution in [0.2, 0.25) is 0 Å². The van der Waals surface area contributed by atoms with Gasteiger partial charge in [0, 0.05) is 13.0 Å². The van der Waals surface area contributed by atoms with E-state index < -0.39 is 6.10 Å². The molecule has 0 saturated carbocycles. The molecule has 4 nitrogen and oxygen atoms in total. The third-order valence-corrected chi connectivity index (χ3v) is 4.19. The van der Waals surface area contributed by atoms with E-state index in [4.69, 9.17) is 0 Å². The predicted octanol–water partition coefficient (Wildman–Crippen LogP) is 1.56. The number of carbonyl (C=O) groups is 1. The number of benzene rings is 1. The molecule has 1 saturated heterocycles. The minimum absolute atomic E-state index is 0.0695. The maximum atomic E-state index is 10.9. The highest BCUT2D eigenvalue weighted by molar-refractivity contribution is 7.18. The summed E-state index contributed by atoms with van der Waals surface area (Å²) in [7, 11) is 0. The number of fused-ring (bicyclic) bond motifs is 1. The Morgan fingerprint density at radius 1 is 1.47 bits per heavy atom. The quantitative estimate of drug-likeness (QED) is 0.821. The number of rotatable bonds is 2. The number of para-hydroxylation sites is 1. The molecule has 2 heterocycles. The average molecular weight is 248 g/mol. The summed E-state index contributed by atoms with van der Waals surface area (Å²) in [6.07, 6.45) is 0.947. The molecular weight excluding hydrogens is 236 g/mol. The topological polar surface area (TPSA) is 53.4 Å². The van der Waals surface area contributed by atoms with Crippen LogP contribution in [0.5, 0.6) is 0 Å². The Labute approximate surface area is 103 Å². The molecular formula is C12H12N2O2S. The Morgan fingerprint density at radius 3 is 3.06 bits per heavy atom. The van der Waals surface area contributed by atoms with Crippen LogP contribution in [0.4, 0.5) is 0 Å². The van der Waals surface area contributed by atoms with E-state index in [-0.39, 0.29) is 6.04 Å². The van der Waals surface area contributed by atoms with Crippen LogP contribution in [0, 0.1) is 0 Å². The van der Waals surface area contributed by atoms with Crippen LogP contribution in [-0.4, -0.2) is 34.0 Å². The number of amides is 1. The standard InChI is InChI=1S/C12H12N2O2S/c15-7-14-6-8(16)5-10(14)12-13-9-3-1-2-4-11(9)17-12/h1-4,7-8,10,16H,5-6H2. The van der Waals surface area contributed by atoms with Gasteiger partial charge in [0.25, 0.3) is 0 Å². The van der Waals surface area contributed by atoms with E-state index in [1.165, 1.54) is 0 Å². The molecule has 1 aromatic carbocycles. The molecule has 5 heteroatoms. The van der Waals surface area contributed by atoms with Crippen molar-refractivity contribution in [2.45, 2.75) is 18.6 Å². The number of nitrogens with zero attached hydrogens (tertiary/aromatic N) is 2. The van der Waals surface area contributed by atoms with E-state index >= 15 is 0 Å². The summed E-state index contributed by atoms with van der Waals surface area (Å²) < 4.78 is 1.12. The number of aliphatic hydroxyl groups is 1. The number of hydrogen-bond donors (Lipinski definition) is 1. The predicted molar refractivity (Wildman–Crippen MR) is 65.8 cm³/mol. The van der Waals surface area contributed by atoms with Gasteiger partial charge in [-0.25, -0.2) is 4.98 Å². The molecule has 1 aromatic heterocycles. The van der Waals surface area contributed by atoms with Gasteiger partial charge in [-0.3, -0.25) is 4.79 Å². The highest BCUT2D eigenvalue weighted by Crippen LogP contribution is 2.35. The third-order valence-electron chi connectivity index (χ3n) is 3.05. The van der Waals surface area contributed by atoms with E-state index in [0.717, 1.165) is 21.6 Å². The highest BCUT2D eigenvalue weighted by Gasteiger charge is 2.33. The van der Waals surface area contributed by atoms with Crippen molar-refractivity contribution in [3.63, 3.8) is 0 Å². The van der Waals surface area contributed by atoms with Crippen molar-refractivity contribution in [1.82, 2.24) is 9.88 Å². The summed E-state index contributed by atoms with van der Waals surface area (Å²) in [6.45, 7) is 0.407. The number of hydrogen-bond acceptors (Lipinski definition) is 4. The highest BCUT2D eigenvalue weighted by atomic mass is 32.1. The molecule has 2 unspecified atom stereocenters. The van der Waals surface area contributed by atoms with Crippen LogP contribution >= 0.6 is 11.3 Å². The van der Waals surface area contributed by atoms with E-state index in [0.29, 0.717) is 13.0 Å². The maximum absolute atomic E-state index is 10.9. The molecule has 0 bridgehead atoms. The van der Waals surface area contributed by atoms with Gasteiger partial charge in [0.2, 0.25) is 6.41 Å². The first-order chi connectivity index (χ1) is 8.28. The van der Waals surface area contributed by atoms with Crippen molar-refractivity contribution in [3.8, 4) is 0 Å².